The molecule has 0 heterocycles. The predicted molar refractivity (Wildman–Crippen MR) is 102 cm³/mol. The van der Waals surface area contributed by atoms with Crippen molar-refractivity contribution < 1.29 is 4.74 Å². The zero-order valence-corrected chi connectivity index (χ0v) is 16.6. The van der Waals surface area contributed by atoms with Gasteiger partial charge in [-0.2, -0.15) is 0 Å². The molecule has 0 amide bonds. The van der Waals surface area contributed by atoms with Crippen LogP contribution in [0.4, 0.5) is 0 Å². The molecular formula is C17H20Br2ClNO. The summed E-state index contributed by atoms with van der Waals surface area (Å²) in [5, 5.41) is 3.47. The molecule has 0 spiro atoms. The molecule has 2 aromatic carbocycles. The monoisotopic (exact) mass is 447 g/mol. The van der Waals surface area contributed by atoms with E-state index in [9.17, 15) is 0 Å². The van der Waals surface area contributed by atoms with Gasteiger partial charge in [0.1, 0.15) is 5.75 Å². The minimum absolute atomic E-state index is 0. The zero-order valence-electron chi connectivity index (χ0n) is 12.7. The van der Waals surface area contributed by atoms with Gasteiger partial charge in [0.15, 0.2) is 0 Å². The Bertz CT molecular complexity index is 602. The average molecular weight is 450 g/mol. The molecule has 0 saturated carbocycles. The van der Waals surface area contributed by atoms with Crippen molar-refractivity contribution in [2.75, 3.05) is 6.61 Å². The Labute approximate surface area is 155 Å². The molecule has 2 rings (SSSR count). The first-order valence-electron chi connectivity index (χ1n) is 6.97. The van der Waals surface area contributed by atoms with Gasteiger partial charge in [0.2, 0.25) is 0 Å². The van der Waals surface area contributed by atoms with Crippen LogP contribution >= 0.6 is 44.3 Å². The lowest BCUT2D eigenvalue weighted by Gasteiger charge is -2.14. The molecule has 0 atom stereocenters. The van der Waals surface area contributed by atoms with Crippen LogP contribution in [0.2, 0.25) is 0 Å². The summed E-state index contributed by atoms with van der Waals surface area (Å²) in [6, 6.07) is 12.7. The van der Waals surface area contributed by atoms with E-state index >= 15 is 0 Å². The molecule has 120 valence electrons. The summed E-state index contributed by atoms with van der Waals surface area (Å²) < 4.78 is 7.76. The third-order valence-corrected chi connectivity index (χ3v) is 4.19. The van der Waals surface area contributed by atoms with Gasteiger partial charge in [-0.15, -0.1) is 12.4 Å². The first kappa shape index (κ1) is 19.5. The number of hydrogen-bond donors (Lipinski definition) is 1. The first-order chi connectivity index (χ1) is 10.1. The molecule has 2 aromatic rings. The minimum atomic E-state index is 0. The van der Waals surface area contributed by atoms with Crippen molar-refractivity contribution in [3.8, 4) is 5.75 Å². The fraction of sp³-hybridized carbons (Fsp3) is 0.294. The Kier molecular flexibility index (Phi) is 8.47. The van der Waals surface area contributed by atoms with Crippen LogP contribution in [0.1, 0.15) is 23.6 Å². The highest BCUT2D eigenvalue weighted by Crippen LogP contribution is 2.33. The molecule has 0 radical (unpaired) electrons. The molecule has 0 aromatic heterocycles. The van der Waals surface area contributed by atoms with E-state index in [1.807, 2.05) is 13.0 Å². The Balaban J connectivity index is 0.00000242. The van der Waals surface area contributed by atoms with Crippen LogP contribution < -0.4 is 10.1 Å². The standard InChI is InChI=1S/C17H19Br2NO.ClH/c1-3-21-17-14(8-15(18)9-16(17)19)11-20-10-13-6-4-12(2)5-7-13;/h4-9,20H,3,10-11H2,1-2H3;1H. The smallest absolute Gasteiger partial charge is 0.138 e. The number of rotatable bonds is 6. The number of aryl methyl sites for hydroxylation is 1. The molecule has 0 bridgehead atoms. The van der Waals surface area contributed by atoms with Gasteiger partial charge in [-0.25, -0.2) is 0 Å². The highest BCUT2D eigenvalue weighted by atomic mass is 79.9. The number of nitrogens with one attached hydrogen (secondary N) is 1. The first-order valence-corrected chi connectivity index (χ1v) is 8.55. The maximum atomic E-state index is 5.73. The molecule has 0 aliphatic rings. The minimum Gasteiger partial charge on any atom is -0.492 e. The van der Waals surface area contributed by atoms with Crippen LogP contribution in [-0.2, 0) is 13.1 Å². The Morgan fingerprint density at radius 2 is 1.73 bits per heavy atom. The average Bonchev–Trinajstić information content (AvgIpc) is 2.44. The SMILES string of the molecule is CCOc1c(Br)cc(Br)cc1CNCc1ccc(C)cc1.Cl. The largest absolute Gasteiger partial charge is 0.492 e. The molecule has 2 nitrogen and oxygen atoms in total. The van der Waals surface area contributed by atoms with Gasteiger partial charge >= 0.3 is 0 Å². The molecule has 0 unspecified atom stereocenters. The molecule has 0 saturated heterocycles. The molecule has 1 N–H and O–H groups in total. The summed E-state index contributed by atoms with van der Waals surface area (Å²) >= 11 is 7.09. The van der Waals surface area contributed by atoms with Crippen molar-refractivity contribution in [3.63, 3.8) is 0 Å². The van der Waals surface area contributed by atoms with Gasteiger partial charge < -0.3 is 10.1 Å². The van der Waals surface area contributed by atoms with Crippen molar-refractivity contribution >= 4 is 44.3 Å². The second kappa shape index (κ2) is 9.56. The lowest BCUT2D eigenvalue weighted by molar-refractivity contribution is 0.333. The fourth-order valence-electron chi connectivity index (χ4n) is 2.10. The van der Waals surface area contributed by atoms with E-state index in [-0.39, 0.29) is 12.4 Å². The van der Waals surface area contributed by atoms with Crippen LogP contribution in [0, 0.1) is 6.92 Å². The molecule has 5 heteroatoms. The highest BCUT2D eigenvalue weighted by Gasteiger charge is 2.09. The van der Waals surface area contributed by atoms with Crippen LogP contribution in [0.15, 0.2) is 45.3 Å². The summed E-state index contributed by atoms with van der Waals surface area (Å²) in [5.74, 6) is 0.914. The summed E-state index contributed by atoms with van der Waals surface area (Å²) in [6.07, 6.45) is 0. The van der Waals surface area contributed by atoms with E-state index in [1.54, 1.807) is 0 Å². The van der Waals surface area contributed by atoms with Gasteiger partial charge in [-0.05, 0) is 47.5 Å². The van der Waals surface area contributed by atoms with Crippen molar-refractivity contribution in [1.29, 1.82) is 0 Å². The van der Waals surface area contributed by atoms with E-state index in [0.29, 0.717) is 6.61 Å². The van der Waals surface area contributed by atoms with Crippen LogP contribution in [0.5, 0.6) is 5.75 Å². The van der Waals surface area contributed by atoms with Crippen LogP contribution in [0.25, 0.3) is 0 Å². The summed E-state index contributed by atoms with van der Waals surface area (Å²) in [4.78, 5) is 0. The molecule has 0 aliphatic heterocycles. The van der Waals surface area contributed by atoms with E-state index in [4.69, 9.17) is 4.74 Å². The number of ether oxygens (including phenoxy) is 1. The van der Waals surface area contributed by atoms with Crippen molar-refractivity contribution in [3.05, 3.63) is 62.0 Å². The molecule has 0 fully saturated rings. The van der Waals surface area contributed by atoms with E-state index in [0.717, 1.165) is 33.3 Å². The summed E-state index contributed by atoms with van der Waals surface area (Å²) in [5.41, 5.74) is 3.71. The van der Waals surface area contributed by atoms with Gasteiger partial charge in [0.25, 0.3) is 0 Å². The van der Waals surface area contributed by atoms with Crippen LogP contribution in [-0.4, -0.2) is 6.61 Å². The van der Waals surface area contributed by atoms with Gasteiger partial charge in [-0.3, -0.25) is 0 Å². The normalized spacial score (nSPS) is 10.2. The third-order valence-electron chi connectivity index (χ3n) is 3.14. The van der Waals surface area contributed by atoms with Gasteiger partial charge in [0, 0.05) is 23.1 Å². The molecular weight excluding hydrogens is 429 g/mol. The van der Waals surface area contributed by atoms with E-state index in [2.05, 4.69) is 74.4 Å². The van der Waals surface area contributed by atoms with Gasteiger partial charge in [0.05, 0.1) is 11.1 Å². The Morgan fingerprint density at radius 1 is 1.05 bits per heavy atom. The second-order valence-corrected chi connectivity index (χ2v) is 6.67. The van der Waals surface area contributed by atoms with Crippen LogP contribution in [0.3, 0.4) is 0 Å². The summed E-state index contributed by atoms with van der Waals surface area (Å²) in [6.45, 7) is 6.37. The van der Waals surface area contributed by atoms with E-state index in [1.165, 1.54) is 11.1 Å². The highest BCUT2D eigenvalue weighted by molar-refractivity contribution is 9.11. The predicted octanol–water partition coefficient (Wildman–Crippen LogP) is 5.63. The topological polar surface area (TPSA) is 21.3 Å². The Morgan fingerprint density at radius 3 is 2.36 bits per heavy atom. The van der Waals surface area contributed by atoms with E-state index < -0.39 is 0 Å². The van der Waals surface area contributed by atoms with Gasteiger partial charge in [-0.1, -0.05) is 45.8 Å². The second-order valence-electron chi connectivity index (χ2n) is 4.90. The maximum Gasteiger partial charge on any atom is 0.138 e. The van der Waals surface area contributed by atoms with Crippen molar-refractivity contribution in [1.82, 2.24) is 5.32 Å². The number of hydrogen-bond acceptors (Lipinski definition) is 2. The summed E-state index contributed by atoms with van der Waals surface area (Å²) in [7, 11) is 0. The molecule has 0 aliphatic carbocycles. The lowest BCUT2D eigenvalue weighted by atomic mass is 10.1. The fourth-order valence-corrected chi connectivity index (χ4v) is 3.53. The number of benzene rings is 2. The molecule has 22 heavy (non-hydrogen) atoms. The Hall–Kier alpha value is -0.550. The quantitative estimate of drug-likeness (QED) is 0.617. The number of halogens is 3. The third kappa shape index (κ3) is 5.58. The van der Waals surface area contributed by atoms with Crippen molar-refractivity contribution in [2.45, 2.75) is 26.9 Å². The maximum absolute atomic E-state index is 5.73. The van der Waals surface area contributed by atoms with Crippen molar-refractivity contribution in [2.24, 2.45) is 0 Å². The lowest BCUT2D eigenvalue weighted by Crippen LogP contribution is -2.14. The zero-order chi connectivity index (χ0) is 15.2.